The van der Waals surface area contributed by atoms with Crippen molar-refractivity contribution in [3.63, 3.8) is 0 Å². The van der Waals surface area contributed by atoms with Gasteiger partial charge in [-0.25, -0.2) is 0 Å². The van der Waals surface area contributed by atoms with Crippen LogP contribution in [-0.4, -0.2) is 6.61 Å². The van der Waals surface area contributed by atoms with Crippen molar-refractivity contribution in [1.82, 2.24) is 0 Å². The molecule has 0 saturated heterocycles. The molecule has 0 aliphatic heterocycles. The summed E-state index contributed by atoms with van der Waals surface area (Å²) in [4.78, 5) is 0. The van der Waals surface area contributed by atoms with Gasteiger partial charge in [0.25, 0.3) is 0 Å². The van der Waals surface area contributed by atoms with Gasteiger partial charge in [-0.15, -0.1) is 0 Å². The number of alkyl halides is 5. The second kappa shape index (κ2) is 5.89. The SMILES string of the molecule is FC(F)Oc1cccc(-c2ccc(C(F)(F)F)cc2)c1Cl. The van der Waals surface area contributed by atoms with Crippen molar-refractivity contribution in [3.8, 4) is 16.9 Å². The summed E-state index contributed by atoms with van der Waals surface area (Å²) in [7, 11) is 0. The molecule has 21 heavy (non-hydrogen) atoms. The lowest BCUT2D eigenvalue weighted by molar-refractivity contribution is -0.137. The second-order valence-electron chi connectivity index (χ2n) is 4.07. The number of rotatable bonds is 3. The molecule has 0 bridgehead atoms. The van der Waals surface area contributed by atoms with E-state index in [1.54, 1.807) is 0 Å². The molecule has 0 heterocycles. The van der Waals surface area contributed by atoms with E-state index in [2.05, 4.69) is 4.74 Å². The zero-order valence-electron chi connectivity index (χ0n) is 10.3. The largest absolute Gasteiger partial charge is 0.433 e. The summed E-state index contributed by atoms with van der Waals surface area (Å²) >= 11 is 5.94. The first kappa shape index (κ1) is 15.6. The van der Waals surface area contributed by atoms with Crippen LogP contribution >= 0.6 is 11.6 Å². The highest BCUT2D eigenvalue weighted by atomic mass is 35.5. The first-order valence-electron chi connectivity index (χ1n) is 5.70. The standard InChI is InChI=1S/C14H8ClF5O/c15-12-10(2-1-3-11(12)21-13(16)17)8-4-6-9(7-5-8)14(18,19)20/h1-7,13H. The molecule has 0 N–H and O–H groups in total. The van der Waals surface area contributed by atoms with E-state index >= 15 is 0 Å². The Labute approximate surface area is 121 Å². The van der Waals surface area contributed by atoms with Crippen LogP contribution in [0.1, 0.15) is 5.56 Å². The Morgan fingerprint density at radius 3 is 2.10 bits per heavy atom. The smallest absolute Gasteiger partial charge is 0.416 e. The van der Waals surface area contributed by atoms with Crippen molar-refractivity contribution >= 4 is 11.6 Å². The van der Waals surface area contributed by atoms with Gasteiger partial charge in [-0.3, -0.25) is 0 Å². The molecule has 1 nitrogen and oxygen atoms in total. The van der Waals surface area contributed by atoms with Crippen LogP contribution in [-0.2, 0) is 6.18 Å². The van der Waals surface area contributed by atoms with Crippen LogP contribution in [0.2, 0.25) is 5.02 Å². The fraction of sp³-hybridized carbons (Fsp3) is 0.143. The third-order valence-corrected chi connectivity index (χ3v) is 3.09. The van der Waals surface area contributed by atoms with Gasteiger partial charge in [0.1, 0.15) is 5.75 Å². The molecule has 2 aromatic rings. The van der Waals surface area contributed by atoms with Crippen LogP contribution in [0, 0.1) is 0 Å². The maximum absolute atomic E-state index is 12.5. The van der Waals surface area contributed by atoms with Crippen LogP contribution < -0.4 is 4.74 Å². The van der Waals surface area contributed by atoms with Crippen molar-refractivity contribution in [1.29, 1.82) is 0 Å². The first-order chi connectivity index (χ1) is 9.79. The molecular formula is C14H8ClF5O. The highest BCUT2D eigenvalue weighted by Crippen LogP contribution is 2.37. The molecule has 0 amide bonds. The highest BCUT2D eigenvalue weighted by Gasteiger charge is 2.30. The number of halogens is 6. The van der Waals surface area contributed by atoms with Gasteiger partial charge in [0.05, 0.1) is 10.6 Å². The highest BCUT2D eigenvalue weighted by molar-refractivity contribution is 6.34. The quantitative estimate of drug-likeness (QED) is 0.666. The Kier molecular flexibility index (Phi) is 4.37. The molecule has 0 radical (unpaired) electrons. The van der Waals surface area contributed by atoms with Gasteiger partial charge in [0, 0.05) is 5.56 Å². The molecule has 0 saturated carbocycles. The average molecular weight is 323 g/mol. The molecule has 0 aromatic heterocycles. The van der Waals surface area contributed by atoms with E-state index in [0.717, 1.165) is 12.1 Å². The topological polar surface area (TPSA) is 9.23 Å². The van der Waals surface area contributed by atoms with E-state index in [4.69, 9.17) is 11.6 Å². The van der Waals surface area contributed by atoms with Gasteiger partial charge in [-0.2, -0.15) is 22.0 Å². The lowest BCUT2D eigenvalue weighted by atomic mass is 10.0. The van der Waals surface area contributed by atoms with Crippen molar-refractivity contribution in [2.75, 3.05) is 0 Å². The van der Waals surface area contributed by atoms with Crippen molar-refractivity contribution in [2.45, 2.75) is 12.8 Å². The van der Waals surface area contributed by atoms with Gasteiger partial charge in [-0.1, -0.05) is 35.9 Å². The normalized spacial score (nSPS) is 11.8. The molecule has 0 unspecified atom stereocenters. The molecular weight excluding hydrogens is 315 g/mol. The minimum absolute atomic E-state index is 0.0856. The third kappa shape index (κ3) is 3.64. The minimum atomic E-state index is -4.44. The van der Waals surface area contributed by atoms with Gasteiger partial charge in [0.15, 0.2) is 0 Å². The Morgan fingerprint density at radius 1 is 0.952 bits per heavy atom. The number of ether oxygens (including phenoxy) is 1. The van der Waals surface area contributed by atoms with Crippen molar-refractivity contribution in [3.05, 3.63) is 53.1 Å². The van der Waals surface area contributed by atoms with Gasteiger partial charge in [0.2, 0.25) is 0 Å². The van der Waals surface area contributed by atoms with Crippen LogP contribution in [0.5, 0.6) is 5.75 Å². The summed E-state index contributed by atoms with van der Waals surface area (Å²) in [6, 6.07) is 8.41. The predicted molar refractivity (Wildman–Crippen MR) is 68.5 cm³/mol. The van der Waals surface area contributed by atoms with Crippen LogP contribution in [0.4, 0.5) is 22.0 Å². The van der Waals surface area contributed by atoms with Crippen LogP contribution in [0.25, 0.3) is 11.1 Å². The summed E-state index contributed by atoms with van der Waals surface area (Å²) in [5, 5.41) is -0.0856. The van der Waals surface area contributed by atoms with E-state index < -0.39 is 18.4 Å². The summed E-state index contributed by atoms with van der Waals surface area (Å²) < 4.78 is 66.1. The summed E-state index contributed by atoms with van der Waals surface area (Å²) in [5.41, 5.74) is -0.126. The van der Waals surface area contributed by atoms with Gasteiger partial charge < -0.3 is 4.74 Å². The molecule has 2 aromatic carbocycles. The number of hydrogen-bond donors (Lipinski definition) is 0. The Morgan fingerprint density at radius 2 is 1.57 bits per heavy atom. The molecule has 0 aliphatic carbocycles. The van der Waals surface area contributed by atoms with Gasteiger partial charge >= 0.3 is 12.8 Å². The minimum Gasteiger partial charge on any atom is -0.433 e. The van der Waals surface area contributed by atoms with E-state index in [9.17, 15) is 22.0 Å². The Balaban J connectivity index is 2.38. The van der Waals surface area contributed by atoms with E-state index in [1.165, 1.54) is 30.3 Å². The zero-order chi connectivity index (χ0) is 15.6. The lowest BCUT2D eigenvalue weighted by Gasteiger charge is -2.12. The Bertz CT molecular complexity index is 622. The molecule has 7 heteroatoms. The summed E-state index contributed by atoms with van der Waals surface area (Å²) in [6.45, 7) is -3.04. The first-order valence-corrected chi connectivity index (χ1v) is 6.08. The van der Waals surface area contributed by atoms with Gasteiger partial charge in [-0.05, 0) is 23.8 Å². The molecule has 112 valence electrons. The van der Waals surface area contributed by atoms with E-state index in [0.29, 0.717) is 11.1 Å². The molecule has 0 aliphatic rings. The molecule has 2 rings (SSSR count). The van der Waals surface area contributed by atoms with Crippen molar-refractivity contribution in [2.24, 2.45) is 0 Å². The zero-order valence-corrected chi connectivity index (χ0v) is 11.1. The number of hydrogen-bond acceptors (Lipinski definition) is 1. The fourth-order valence-corrected chi connectivity index (χ4v) is 2.04. The average Bonchev–Trinajstić information content (AvgIpc) is 2.40. The molecule has 0 spiro atoms. The lowest BCUT2D eigenvalue weighted by Crippen LogP contribution is -2.04. The monoisotopic (exact) mass is 322 g/mol. The maximum Gasteiger partial charge on any atom is 0.416 e. The summed E-state index contributed by atoms with van der Waals surface area (Å²) in [6.07, 6.45) is -4.44. The maximum atomic E-state index is 12.5. The summed E-state index contributed by atoms with van der Waals surface area (Å²) in [5.74, 6) is -0.232. The fourth-order valence-electron chi connectivity index (χ4n) is 1.76. The molecule has 0 fully saturated rings. The van der Waals surface area contributed by atoms with Crippen LogP contribution in [0.3, 0.4) is 0 Å². The van der Waals surface area contributed by atoms with Crippen molar-refractivity contribution < 1.29 is 26.7 Å². The van der Waals surface area contributed by atoms with E-state index in [-0.39, 0.29) is 10.8 Å². The second-order valence-corrected chi connectivity index (χ2v) is 4.45. The van der Waals surface area contributed by atoms with E-state index in [1.807, 2.05) is 0 Å². The Hall–Kier alpha value is -1.82. The molecule has 0 atom stereocenters. The van der Waals surface area contributed by atoms with Crippen LogP contribution in [0.15, 0.2) is 42.5 Å². The third-order valence-electron chi connectivity index (χ3n) is 2.70. The number of benzene rings is 2. The predicted octanol–water partition coefficient (Wildman–Crippen LogP) is 5.63.